The minimum absolute atomic E-state index is 0.0856. The molecule has 0 saturated carbocycles. The van der Waals surface area contributed by atoms with Crippen molar-refractivity contribution in [3.05, 3.63) is 66.8 Å². The van der Waals surface area contributed by atoms with E-state index >= 15 is 0 Å². The van der Waals surface area contributed by atoms with Crippen molar-refractivity contribution in [2.45, 2.75) is 0 Å². The average Bonchev–Trinajstić information content (AvgIpc) is 2.82. The van der Waals surface area contributed by atoms with Gasteiger partial charge in [-0.1, -0.05) is 18.2 Å². The largest absolute Gasteiger partial charge is 0.289 e. The maximum absolute atomic E-state index is 11.9. The molecule has 0 bridgehead atoms. The van der Waals surface area contributed by atoms with Gasteiger partial charge in [-0.25, -0.2) is 0 Å². The minimum Gasteiger partial charge on any atom is -0.289 e. The molecule has 0 atom stereocenters. The molecular formula is C13H8BrNO3S. The van der Waals surface area contributed by atoms with E-state index in [1.165, 1.54) is 35.6 Å². The van der Waals surface area contributed by atoms with Crippen molar-refractivity contribution in [1.29, 1.82) is 0 Å². The van der Waals surface area contributed by atoms with Gasteiger partial charge in [-0.05, 0) is 39.0 Å². The summed E-state index contributed by atoms with van der Waals surface area (Å²) >= 11 is 4.86. The van der Waals surface area contributed by atoms with Gasteiger partial charge in [0.25, 0.3) is 5.69 Å². The van der Waals surface area contributed by atoms with Crippen LogP contribution in [0.2, 0.25) is 0 Å². The molecule has 1 heterocycles. The molecule has 0 unspecified atom stereocenters. The fraction of sp³-hybridized carbons (Fsp3) is 0. The second-order valence-corrected chi connectivity index (χ2v) is 5.98. The second kappa shape index (κ2) is 5.90. The minimum atomic E-state index is -0.517. The Bertz CT molecular complexity index is 663. The molecular weight excluding hydrogens is 330 g/mol. The van der Waals surface area contributed by atoms with Gasteiger partial charge in [0.1, 0.15) is 0 Å². The van der Waals surface area contributed by atoms with E-state index in [2.05, 4.69) is 15.9 Å². The van der Waals surface area contributed by atoms with Crippen molar-refractivity contribution in [3.63, 3.8) is 0 Å². The summed E-state index contributed by atoms with van der Waals surface area (Å²) in [6.07, 6.45) is 3.09. The highest BCUT2D eigenvalue weighted by Crippen LogP contribution is 2.22. The summed E-state index contributed by atoms with van der Waals surface area (Å²) in [5, 5.41) is 12.5. The van der Waals surface area contributed by atoms with Crippen molar-refractivity contribution in [2.75, 3.05) is 0 Å². The third-order valence-corrected chi connectivity index (χ3v) is 3.88. The van der Waals surface area contributed by atoms with Crippen LogP contribution in [0.4, 0.5) is 5.69 Å². The summed E-state index contributed by atoms with van der Waals surface area (Å²) in [7, 11) is 0. The lowest BCUT2D eigenvalue weighted by Crippen LogP contribution is -1.96. The molecule has 0 amide bonds. The Balaban J connectivity index is 2.18. The smallest absolute Gasteiger partial charge is 0.270 e. The van der Waals surface area contributed by atoms with E-state index in [-0.39, 0.29) is 11.5 Å². The molecule has 0 spiro atoms. The molecule has 4 nitrogen and oxygen atoms in total. The van der Waals surface area contributed by atoms with Crippen LogP contribution in [0.25, 0.3) is 6.08 Å². The SMILES string of the molecule is O=C(/C=C/c1csc(Br)c1)c1cccc([N+](=O)[O-])c1. The number of nitro benzene ring substituents is 1. The van der Waals surface area contributed by atoms with Gasteiger partial charge < -0.3 is 0 Å². The van der Waals surface area contributed by atoms with Crippen LogP contribution >= 0.6 is 27.3 Å². The lowest BCUT2D eigenvalue weighted by molar-refractivity contribution is -0.384. The molecule has 0 aliphatic rings. The molecule has 1 aromatic heterocycles. The molecule has 6 heteroatoms. The molecule has 96 valence electrons. The Kier molecular flexibility index (Phi) is 4.24. The Hall–Kier alpha value is -1.79. The number of non-ortho nitro benzene ring substituents is 1. The monoisotopic (exact) mass is 337 g/mol. The number of hydrogen-bond donors (Lipinski definition) is 0. The quantitative estimate of drug-likeness (QED) is 0.361. The zero-order chi connectivity index (χ0) is 13.8. The summed E-state index contributed by atoms with van der Waals surface area (Å²) < 4.78 is 0.981. The van der Waals surface area contributed by atoms with Crippen LogP contribution in [-0.4, -0.2) is 10.7 Å². The first kappa shape index (κ1) is 13.6. The summed E-state index contributed by atoms with van der Waals surface area (Å²) in [5.74, 6) is -0.258. The highest BCUT2D eigenvalue weighted by Gasteiger charge is 2.09. The van der Waals surface area contributed by atoms with Crippen LogP contribution < -0.4 is 0 Å². The van der Waals surface area contributed by atoms with E-state index in [1.54, 1.807) is 12.1 Å². The van der Waals surface area contributed by atoms with Crippen LogP contribution in [-0.2, 0) is 0 Å². The number of halogens is 1. The number of benzene rings is 1. The molecule has 19 heavy (non-hydrogen) atoms. The molecule has 0 fully saturated rings. The van der Waals surface area contributed by atoms with Crippen LogP contribution in [0.3, 0.4) is 0 Å². The lowest BCUT2D eigenvalue weighted by Gasteiger charge is -1.95. The predicted octanol–water partition coefficient (Wildman–Crippen LogP) is 4.31. The van der Waals surface area contributed by atoms with Gasteiger partial charge in [0.2, 0.25) is 0 Å². The number of nitro groups is 1. The van der Waals surface area contributed by atoms with Crippen molar-refractivity contribution in [3.8, 4) is 0 Å². The van der Waals surface area contributed by atoms with Crippen molar-refractivity contribution < 1.29 is 9.72 Å². The predicted molar refractivity (Wildman–Crippen MR) is 78.5 cm³/mol. The van der Waals surface area contributed by atoms with E-state index in [1.807, 2.05) is 11.4 Å². The van der Waals surface area contributed by atoms with E-state index in [0.717, 1.165) is 9.35 Å². The molecule has 1 aromatic carbocycles. The van der Waals surface area contributed by atoms with E-state index in [0.29, 0.717) is 5.56 Å². The van der Waals surface area contributed by atoms with Crippen LogP contribution in [0, 0.1) is 10.1 Å². The van der Waals surface area contributed by atoms with Crippen molar-refractivity contribution in [2.24, 2.45) is 0 Å². The molecule has 0 aliphatic carbocycles. The highest BCUT2D eigenvalue weighted by molar-refractivity contribution is 9.11. The molecule has 0 aliphatic heterocycles. The fourth-order valence-corrected chi connectivity index (χ4v) is 2.60. The molecule has 0 N–H and O–H groups in total. The Morgan fingerprint density at radius 1 is 1.37 bits per heavy atom. The first-order valence-corrected chi connectivity index (χ1v) is 6.94. The van der Waals surface area contributed by atoms with Gasteiger partial charge in [0, 0.05) is 17.7 Å². The summed E-state index contributed by atoms with van der Waals surface area (Å²) in [4.78, 5) is 22.0. The van der Waals surface area contributed by atoms with Crippen LogP contribution in [0.15, 0.2) is 45.6 Å². The van der Waals surface area contributed by atoms with Crippen molar-refractivity contribution in [1.82, 2.24) is 0 Å². The number of nitrogens with zero attached hydrogens (tertiary/aromatic N) is 1. The zero-order valence-electron chi connectivity index (χ0n) is 9.58. The number of thiophene rings is 1. The van der Waals surface area contributed by atoms with Gasteiger partial charge in [0.05, 0.1) is 8.71 Å². The number of ketones is 1. The maximum Gasteiger partial charge on any atom is 0.270 e. The molecule has 2 rings (SSSR count). The summed E-state index contributed by atoms with van der Waals surface area (Å²) in [6.45, 7) is 0. The Morgan fingerprint density at radius 2 is 2.16 bits per heavy atom. The highest BCUT2D eigenvalue weighted by atomic mass is 79.9. The Morgan fingerprint density at radius 3 is 2.79 bits per heavy atom. The van der Waals surface area contributed by atoms with E-state index in [4.69, 9.17) is 0 Å². The third kappa shape index (κ3) is 3.59. The van der Waals surface area contributed by atoms with Gasteiger partial charge >= 0.3 is 0 Å². The van der Waals surface area contributed by atoms with Gasteiger partial charge in [0.15, 0.2) is 5.78 Å². The standard InChI is InChI=1S/C13H8BrNO3S/c14-13-6-9(8-19-13)4-5-12(16)10-2-1-3-11(7-10)15(17)18/h1-8H/b5-4+. The number of rotatable bonds is 4. The molecule has 2 aromatic rings. The average molecular weight is 338 g/mol. The number of allylic oxidation sites excluding steroid dienone is 1. The Labute approximate surface area is 121 Å². The fourth-order valence-electron chi connectivity index (χ4n) is 1.45. The molecule has 0 saturated heterocycles. The summed E-state index contributed by atoms with van der Waals surface area (Å²) in [5.41, 5.74) is 1.13. The normalized spacial score (nSPS) is 10.8. The van der Waals surface area contributed by atoms with E-state index in [9.17, 15) is 14.9 Å². The summed E-state index contributed by atoms with van der Waals surface area (Å²) in [6, 6.07) is 7.58. The third-order valence-electron chi connectivity index (χ3n) is 2.36. The first-order valence-electron chi connectivity index (χ1n) is 5.27. The van der Waals surface area contributed by atoms with E-state index < -0.39 is 4.92 Å². The number of hydrogen-bond acceptors (Lipinski definition) is 4. The zero-order valence-corrected chi connectivity index (χ0v) is 12.0. The topological polar surface area (TPSA) is 60.2 Å². The first-order chi connectivity index (χ1) is 9.06. The number of carbonyl (C=O) groups excluding carboxylic acids is 1. The van der Waals surface area contributed by atoms with Crippen molar-refractivity contribution >= 4 is 44.8 Å². The van der Waals surface area contributed by atoms with Crippen LogP contribution in [0.1, 0.15) is 15.9 Å². The van der Waals surface area contributed by atoms with Crippen LogP contribution in [0.5, 0.6) is 0 Å². The second-order valence-electron chi connectivity index (χ2n) is 3.69. The maximum atomic E-state index is 11.9. The van der Waals surface area contributed by atoms with Gasteiger partial charge in [-0.2, -0.15) is 0 Å². The number of carbonyl (C=O) groups is 1. The lowest BCUT2D eigenvalue weighted by atomic mass is 10.1. The van der Waals surface area contributed by atoms with Gasteiger partial charge in [-0.3, -0.25) is 14.9 Å². The molecule has 0 radical (unpaired) electrons. The van der Waals surface area contributed by atoms with Gasteiger partial charge in [-0.15, -0.1) is 11.3 Å².